The second-order valence-corrected chi connectivity index (χ2v) is 5.74. The molecule has 1 saturated carbocycles. The molecule has 0 spiro atoms. The van der Waals surface area contributed by atoms with Crippen molar-refractivity contribution in [3.8, 4) is 0 Å². The Bertz CT molecular complexity index is 484. The van der Waals surface area contributed by atoms with Crippen LogP contribution in [0.5, 0.6) is 0 Å². The Morgan fingerprint density at radius 3 is 2.76 bits per heavy atom. The van der Waals surface area contributed by atoms with Crippen molar-refractivity contribution in [2.75, 3.05) is 25.5 Å². The third-order valence-corrected chi connectivity index (χ3v) is 4.21. The van der Waals surface area contributed by atoms with Gasteiger partial charge in [-0.05, 0) is 38.4 Å². The number of rotatable bonds is 7. The molecule has 5 nitrogen and oxygen atoms in total. The topological polar surface area (TPSA) is 65.5 Å². The van der Waals surface area contributed by atoms with E-state index in [1.165, 1.54) is 25.7 Å². The summed E-state index contributed by atoms with van der Waals surface area (Å²) >= 11 is 0. The van der Waals surface area contributed by atoms with Crippen LogP contribution in [0.3, 0.4) is 0 Å². The second kappa shape index (κ2) is 7.41. The highest BCUT2D eigenvalue weighted by molar-refractivity contribution is 5.88. The van der Waals surface area contributed by atoms with Crippen LogP contribution in [0.1, 0.15) is 48.7 Å². The number of carboxylic acid groups (broad SMARTS) is 1. The van der Waals surface area contributed by atoms with Gasteiger partial charge in [-0.3, -0.25) is 0 Å². The Morgan fingerprint density at radius 2 is 2.14 bits per heavy atom. The first kappa shape index (κ1) is 15.8. The minimum Gasteiger partial charge on any atom is -0.478 e. The number of nitrogens with one attached hydrogen (secondary N) is 1. The van der Waals surface area contributed by atoms with Gasteiger partial charge in [0.1, 0.15) is 5.82 Å². The summed E-state index contributed by atoms with van der Waals surface area (Å²) in [6, 6.07) is 3.95. The Morgan fingerprint density at radius 1 is 1.43 bits per heavy atom. The molecule has 0 amide bonds. The lowest BCUT2D eigenvalue weighted by Gasteiger charge is -2.24. The van der Waals surface area contributed by atoms with Crippen LogP contribution in [0.2, 0.25) is 0 Å². The first-order valence-electron chi connectivity index (χ1n) is 7.78. The normalized spacial score (nSPS) is 15.6. The quantitative estimate of drug-likeness (QED) is 0.808. The van der Waals surface area contributed by atoms with Crippen LogP contribution in [0, 0.1) is 0 Å². The smallest absolute Gasteiger partial charge is 0.335 e. The highest BCUT2D eigenvalue weighted by Gasteiger charge is 2.18. The molecular weight excluding hydrogens is 266 g/mol. The van der Waals surface area contributed by atoms with Crippen molar-refractivity contribution in [1.29, 1.82) is 0 Å². The number of anilines is 1. The highest BCUT2D eigenvalue weighted by Crippen LogP contribution is 2.22. The van der Waals surface area contributed by atoms with Crippen molar-refractivity contribution in [1.82, 2.24) is 9.88 Å². The van der Waals surface area contributed by atoms with Gasteiger partial charge in [0.15, 0.2) is 0 Å². The zero-order valence-electron chi connectivity index (χ0n) is 12.9. The average molecular weight is 291 g/mol. The monoisotopic (exact) mass is 291 g/mol. The largest absolute Gasteiger partial charge is 0.478 e. The van der Waals surface area contributed by atoms with Crippen molar-refractivity contribution < 1.29 is 9.90 Å². The molecule has 116 valence electrons. The molecule has 0 atom stereocenters. The molecule has 5 heteroatoms. The van der Waals surface area contributed by atoms with E-state index in [9.17, 15) is 4.79 Å². The highest BCUT2D eigenvalue weighted by atomic mass is 16.4. The molecule has 1 heterocycles. The van der Waals surface area contributed by atoms with Crippen molar-refractivity contribution >= 4 is 11.8 Å². The van der Waals surface area contributed by atoms with Crippen LogP contribution >= 0.6 is 0 Å². The molecule has 0 aliphatic heterocycles. The van der Waals surface area contributed by atoms with Gasteiger partial charge in [0.25, 0.3) is 0 Å². The third kappa shape index (κ3) is 4.43. The number of aryl methyl sites for hydroxylation is 1. The molecule has 0 bridgehead atoms. The van der Waals surface area contributed by atoms with E-state index in [1.54, 1.807) is 12.1 Å². The maximum absolute atomic E-state index is 11.1. The molecule has 2 N–H and O–H groups in total. The van der Waals surface area contributed by atoms with Crippen LogP contribution in [0.4, 0.5) is 5.82 Å². The van der Waals surface area contributed by atoms with Gasteiger partial charge in [-0.25, -0.2) is 9.78 Å². The number of aromatic nitrogens is 1. The van der Waals surface area contributed by atoms with Gasteiger partial charge in [0, 0.05) is 24.8 Å². The number of carbonyl (C=O) groups is 1. The summed E-state index contributed by atoms with van der Waals surface area (Å²) < 4.78 is 0. The second-order valence-electron chi connectivity index (χ2n) is 5.74. The van der Waals surface area contributed by atoms with E-state index in [0.29, 0.717) is 17.4 Å². The summed E-state index contributed by atoms with van der Waals surface area (Å²) in [5.41, 5.74) is 1.11. The van der Waals surface area contributed by atoms with Crippen molar-refractivity contribution in [2.45, 2.75) is 45.1 Å². The van der Waals surface area contributed by atoms with E-state index in [0.717, 1.165) is 25.2 Å². The number of hydrogen-bond acceptors (Lipinski definition) is 4. The number of hydrogen-bond donors (Lipinski definition) is 2. The van der Waals surface area contributed by atoms with E-state index >= 15 is 0 Å². The minimum absolute atomic E-state index is 0.300. The van der Waals surface area contributed by atoms with Gasteiger partial charge in [-0.1, -0.05) is 19.8 Å². The molecule has 1 fully saturated rings. The predicted octanol–water partition coefficient (Wildman–Crippen LogP) is 2.63. The molecule has 0 aromatic carbocycles. The molecule has 1 aromatic rings. The van der Waals surface area contributed by atoms with Gasteiger partial charge in [0.05, 0.1) is 5.56 Å². The van der Waals surface area contributed by atoms with Crippen LogP contribution in [0.25, 0.3) is 0 Å². The molecule has 0 radical (unpaired) electrons. The standard InChI is InChI=1S/C16H25N3O2/c1-3-13-10-12(16(20)21)11-15(18-13)17-8-9-19(2)14-6-4-5-7-14/h10-11,14H,3-9H2,1-2H3,(H,17,18)(H,20,21). The van der Waals surface area contributed by atoms with Gasteiger partial charge in [-0.2, -0.15) is 0 Å². The SMILES string of the molecule is CCc1cc(C(=O)O)cc(NCCN(C)C2CCCC2)n1. The molecule has 1 aliphatic rings. The Hall–Kier alpha value is -1.62. The first-order valence-corrected chi connectivity index (χ1v) is 7.78. The Balaban J connectivity index is 1.89. The van der Waals surface area contributed by atoms with Crippen LogP contribution in [0.15, 0.2) is 12.1 Å². The summed E-state index contributed by atoms with van der Waals surface area (Å²) in [6.07, 6.45) is 6.00. The molecule has 21 heavy (non-hydrogen) atoms. The van der Waals surface area contributed by atoms with Crippen LogP contribution in [-0.4, -0.2) is 47.1 Å². The van der Waals surface area contributed by atoms with Crippen molar-refractivity contribution in [3.63, 3.8) is 0 Å². The van der Waals surface area contributed by atoms with Gasteiger partial charge in [-0.15, -0.1) is 0 Å². The Kier molecular flexibility index (Phi) is 5.56. The summed E-state index contributed by atoms with van der Waals surface area (Å²) in [4.78, 5) is 17.9. The molecular formula is C16H25N3O2. The molecule has 1 aromatic heterocycles. The molecule has 0 unspecified atom stereocenters. The maximum atomic E-state index is 11.1. The van der Waals surface area contributed by atoms with Crippen LogP contribution in [-0.2, 0) is 6.42 Å². The summed E-state index contributed by atoms with van der Waals surface area (Å²) in [5.74, 6) is -0.246. The number of nitrogens with zero attached hydrogens (tertiary/aromatic N) is 2. The number of likely N-dealkylation sites (N-methyl/N-ethyl adjacent to an activating group) is 1. The van der Waals surface area contributed by atoms with Crippen molar-refractivity contribution in [3.05, 3.63) is 23.4 Å². The first-order chi connectivity index (χ1) is 10.1. The zero-order valence-corrected chi connectivity index (χ0v) is 12.9. The molecule has 1 aliphatic carbocycles. The van der Waals surface area contributed by atoms with Crippen LogP contribution < -0.4 is 5.32 Å². The molecule has 2 rings (SSSR count). The van der Waals surface area contributed by atoms with Gasteiger partial charge >= 0.3 is 5.97 Å². The van der Waals surface area contributed by atoms with E-state index in [1.807, 2.05) is 6.92 Å². The zero-order chi connectivity index (χ0) is 15.2. The van der Waals surface area contributed by atoms with Gasteiger partial charge in [0.2, 0.25) is 0 Å². The number of carboxylic acids is 1. The fraction of sp³-hybridized carbons (Fsp3) is 0.625. The minimum atomic E-state index is -0.904. The van der Waals surface area contributed by atoms with Gasteiger partial charge < -0.3 is 15.3 Å². The summed E-state index contributed by atoms with van der Waals surface area (Å²) in [6.45, 7) is 3.71. The van der Waals surface area contributed by atoms with Crippen molar-refractivity contribution in [2.24, 2.45) is 0 Å². The number of pyridine rings is 1. The lowest BCUT2D eigenvalue weighted by atomic mass is 10.2. The lowest BCUT2D eigenvalue weighted by molar-refractivity contribution is 0.0696. The summed E-state index contributed by atoms with van der Waals surface area (Å²) in [7, 11) is 2.16. The third-order valence-electron chi connectivity index (χ3n) is 4.21. The fourth-order valence-electron chi connectivity index (χ4n) is 2.87. The summed E-state index contributed by atoms with van der Waals surface area (Å²) in [5, 5.41) is 12.4. The predicted molar refractivity (Wildman–Crippen MR) is 84.0 cm³/mol. The van der Waals surface area contributed by atoms with E-state index in [4.69, 9.17) is 5.11 Å². The molecule has 0 saturated heterocycles. The Labute approximate surface area is 126 Å². The fourth-order valence-corrected chi connectivity index (χ4v) is 2.87. The maximum Gasteiger partial charge on any atom is 0.335 e. The van der Waals surface area contributed by atoms with E-state index in [2.05, 4.69) is 22.2 Å². The average Bonchev–Trinajstić information content (AvgIpc) is 3.01. The number of aromatic carboxylic acids is 1. The van der Waals surface area contributed by atoms with E-state index < -0.39 is 5.97 Å². The van der Waals surface area contributed by atoms with E-state index in [-0.39, 0.29) is 0 Å². The lowest BCUT2D eigenvalue weighted by Crippen LogP contribution is -2.33.